The van der Waals surface area contributed by atoms with Crippen molar-refractivity contribution in [2.24, 2.45) is 7.05 Å². The second-order valence-corrected chi connectivity index (χ2v) is 8.76. The van der Waals surface area contributed by atoms with E-state index >= 15 is 0 Å². The molecule has 0 aliphatic carbocycles. The Kier molecular flexibility index (Phi) is 5.17. The standard InChI is InChI=1S/C21H18F2N8OS/c1-12(20-26-17-6-3-13(7-18(17)33-20)19-27-29-30(2)28-19)21(32,9-31-11-24-10-25-31)15-5-4-14(22)8-16(15)23/h3-8,10-12,32H,9H2,1-2H3. The van der Waals surface area contributed by atoms with E-state index in [4.69, 9.17) is 0 Å². The summed E-state index contributed by atoms with van der Waals surface area (Å²) in [4.78, 5) is 9.95. The van der Waals surface area contributed by atoms with Gasteiger partial charge in [-0.05, 0) is 29.5 Å². The van der Waals surface area contributed by atoms with Crippen molar-refractivity contribution in [2.45, 2.75) is 25.0 Å². The highest BCUT2D eigenvalue weighted by atomic mass is 32.1. The van der Waals surface area contributed by atoms with Crippen LogP contribution in [0, 0.1) is 11.6 Å². The lowest BCUT2D eigenvalue weighted by Gasteiger charge is -2.33. The van der Waals surface area contributed by atoms with Crippen molar-refractivity contribution in [3.05, 3.63) is 71.3 Å². The molecule has 33 heavy (non-hydrogen) atoms. The van der Waals surface area contributed by atoms with Gasteiger partial charge < -0.3 is 5.11 Å². The van der Waals surface area contributed by atoms with Crippen molar-refractivity contribution in [2.75, 3.05) is 0 Å². The summed E-state index contributed by atoms with van der Waals surface area (Å²) in [7, 11) is 1.69. The van der Waals surface area contributed by atoms with E-state index in [-0.39, 0.29) is 12.1 Å². The fourth-order valence-corrected chi connectivity index (χ4v) is 4.87. The summed E-state index contributed by atoms with van der Waals surface area (Å²) >= 11 is 1.37. The predicted octanol–water partition coefficient (Wildman–Crippen LogP) is 3.05. The normalized spacial score (nSPS) is 14.5. The van der Waals surface area contributed by atoms with E-state index < -0.39 is 23.2 Å². The predicted molar refractivity (Wildman–Crippen MR) is 116 cm³/mol. The number of aliphatic hydroxyl groups is 1. The number of hydrogen-bond acceptors (Lipinski definition) is 8. The maximum atomic E-state index is 14.8. The number of nitrogens with zero attached hydrogens (tertiary/aromatic N) is 8. The molecule has 0 spiro atoms. The zero-order chi connectivity index (χ0) is 23.2. The summed E-state index contributed by atoms with van der Waals surface area (Å²) in [6.07, 6.45) is 2.75. The summed E-state index contributed by atoms with van der Waals surface area (Å²) in [5.74, 6) is -1.74. The number of tetrazole rings is 1. The molecular weight excluding hydrogens is 450 g/mol. The molecule has 0 aliphatic heterocycles. The van der Waals surface area contributed by atoms with Gasteiger partial charge in [0, 0.05) is 23.1 Å². The Bertz CT molecular complexity index is 1430. The number of rotatable bonds is 6. The number of benzene rings is 2. The third kappa shape index (κ3) is 3.87. The van der Waals surface area contributed by atoms with Crippen molar-refractivity contribution in [1.29, 1.82) is 0 Å². The van der Waals surface area contributed by atoms with Gasteiger partial charge in [-0.15, -0.1) is 21.5 Å². The highest BCUT2D eigenvalue weighted by Crippen LogP contribution is 2.42. The zero-order valence-corrected chi connectivity index (χ0v) is 18.4. The van der Waals surface area contributed by atoms with Crippen LogP contribution in [0.5, 0.6) is 0 Å². The summed E-state index contributed by atoms with van der Waals surface area (Å²) in [5.41, 5.74) is -0.317. The quantitative estimate of drug-likeness (QED) is 0.408. The molecule has 3 aromatic heterocycles. The number of aryl methyl sites for hydroxylation is 1. The van der Waals surface area contributed by atoms with Crippen LogP contribution in [0.3, 0.4) is 0 Å². The smallest absolute Gasteiger partial charge is 0.204 e. The highest BCUT2D eigenvalue weighted by Gasteiger charge is 2.41. The van der Waals surface area contributed by atoms with E-state index in [0.717, 1.165) is 27.9 Å². The third-order valence-corrected chi connectivity index (χ3v) is 6.73. The number of hydrogen-bond donors (Lipinski definition) is 1. The first kappa shape index (κ1) is 21.2. The van der Waals surface area contributed by atoms with E-state index in [0.29, 0.717) is 10.8 Å². The van der Waals surface area contributed by atoms with Crippen LogP contribution < -0.4 is 0 Å². The molecule has 2 aromatic carbocycles. The molecule has 0 radical (unpaired) electrons. The molecule has 0 saturated carbocycles. The molecule has 0 fully saturated rings. The SMILES string of the molecule is CC(c1nc2ccc(-c3nnn(C)n3)cc2s1)C(O)(Cn1cncn1)c1ccc(F)cc1F. The van der Waals surface area contributed by atoms with Gasteiger partial charge in [-0.25, -0.2) is 23.4 Å². The number of halogens is 2. The monoisotopic (exact) mass is 468 g/mol. The van der Waals surface area contributed by atoms with Gasteiger partial charge in [0.05, 0.1) is 28.8 Å². The zero-order valence-electron chi connectivity index (χ0n) is 17.6. The van der Waals surface area contributed by atoms with Crippen LogP contribution in [0.4, 0.5) is 8.78 Å². The Morgan fingerprint density at radius 3 is 2.73 bits per heavy atom. The van der Waals surface area contributed by atoms with Gasteiger partial charge in [0.15, 0.2) is 0 Å². The van der Waals surface area contributed by atoms with Crippen molar-refractivity contribution in [3.63, 3.8) is 0 Å². The molecule has 0 bridgehead atoms. The summed E-state index contributed by atoms with van der Waals surface area (Å²) in [5, 5.41) is 28.5. The fourth-order valence-electron chi connectivity index (χ4n) is 3.73. The molecule has 12 heteroatoms. The van der Waals surface area contributed by atoms with E-state index in [9.17, 15) is 13.9 Å². The van der Waals surface area contributed by atoms with Gasteiger partial charge in [0.2, 0.25) is 5.82 Å². The summed E-state index contributed by atoms with van der Waals surface area (Å²) < 4.78 is 30.7. The molecule has 1 N–H and O–H groups in total. The average molecular weight is 468 g/mol. The van der Waals surface area contributed by atoms with Crippen molar-refractivity contribution in [3.8, 4) is 11.4 Å². The lowest BCUT2D eigenvalue weighted by atomic mass is 9.82. The van der Waals surface area contributed by atoms with Gasteiger partial charge in [0.1, 0.15) is 29.9 Å². The van der Waals surface area contributed by atoms with E-state index in [1.165, 1.54) is 39.5 Å². The second-order valence-electron chi connectivity index (χ2n) is 7.70. The van der Waals surface area contributed by atoms with Crippen molar-refractivity contribution in [1.82, 2.24) is 40.0 Å². The Labute approximate surface area is 190 Å². The van der Waals surface area contributed by atoms with E-state index in [1.54, 1.807) is 14.0 Å². The molecule has 2 unspecified atom stereocenters. The molecule has 168 valence electrons. The van der Waals surface area contributed by atoms with Crippen LogP contribution in [0.2, 0.25) is 0 Å². The Morgan fingerprint density at radius 1 is 1.18 bits per heavy atom. The van der Waals surface area contributed by atoms with Crippen LogP contribution in [0.1, 0.15) is 23.4 Å². The molecule has 5 aromatic rings. The van der Waals surface area contributed by atoms with Gasteiger partial charge in [-0.3, -0.25) is 0 Å². The van der Waals surface area contributed by atoms with Crippen molar-refractivity contribution < 1.29 is 13.9 Å². The summed E-state index contributed by atoms with van der Waals surface area (Å²) in [6, 6.07) is 8.71. The van der Waals surface area contributed by atoms with Gasteiger partial charge >= 0.3 is 0 Å². The molecule has 5 rings (SSSR count). The van der Waals surface area contributed by atoms with E-state index in [1.807, 2.05) is 18.2 Å². The van der Waals surface area contributed by atoms with Gasteiger partial charge in [-0.2, -0.15) is 9.90 Å². The summed E-state index contributed by atoms with van der Waals surface area (Å²) in [6.45, 7) is 1.66. The minimum absolute atomic E-state index is 0.0457. The maximum absolute atomic E-state index is 14.8. The van der Waals surface area contributed by atoms with Gasteiger partial charge in [0.25, 0.3) is 0 Å². The van der Waals surface area contributed by atoms with Crippen molar-refractivity contribution >= 4 is 21.6 Å². The molecular formula is C21H18F2N8OS. The number of fused-ring (bicyclic) bond motifs is 1. The first-order valence-electron chi connectivity index (χ1n) is 9.98. The Morgan fingerprint density at radius 2 is 2.03 bits per heavy atom. The number of thiazole rings is 1. The van der Waals surface area contributed by atoms with Crippen LogP contribution in [-0.2, 0) is 19.2 Å². The highest BCUT2D eigenvalue weighted by molar-refractivity contribution is 7.18. The van der Waals surface area contributed by atoms with Crippen LogP contribution in [-0.4, -0.2) is 45.1 Å². The molecule has 0 saturated heterocycles. The lowest BCUT2D eigenvalue weighted by Crippen LogP contribution is -2.38. The van der Waals surface area contributed by atoms with Crippen LogP contribution in [0.25, 0.3) is 21.6 Å². The molecule has 0 amide bonds. The first-order valence-corrected chi connectivity index (χ1v) is 10.8. The number of aromatic nitrogens is 8. The largest absolute Gasteiger partial charge is 0.382 e. The molecule has 0 aliphatic rings. The minimum Gasteiger partial charge on any atom is -0.382 e. The van der Waals surface area contributed by atoms with Crippen LogP contribution in [0.15, 0.2) is 49.1 Å². The molecule has 9 nitrogen and oxygen atoms in total. The average Bonchev–Trinajstić information content (AvgIpc) is 3.53. The van der Waals surface area contributed by atoms with Crippen LogP contribution >= 0.6 is 11.3 Å². The van der Waals surface area contributed by atoms with Gasteiger partial charge in [-0.1, -0.05) is 13.0 Å². The second kappa shape index (κ2) is 8.05. The molecule has 3 heterocycles. The minimum atomic E-state index is -1.77. The fraction of sp³-hybridized carbons (Fsp3) is 0.238. The topological polar surface area (TPSA) is 107 Å². The first-order chi connectivity index (χ1) is 15.8. The van der Waals surface area contributed by atoms with E-state index in [2.05, 4.69) is 30.5 Å². The lowest BCUT2D eigenvalue weighted by molar-refractivity contribution is -0.0112. The third-order valence-electron chi connectivity index (χ3n) is 5.53. The Hall–Kier alpha value is -3.64. The Balaban J connectivity index is 1.57. The molecule has 2 atom stereocenters. The maximum Gasteiger partial charge on any atom is 0.204 e.